The number of hydrogen-bond acceptors (Lipinski definition) is 6. The third-order valence-corrected chi connectivity index (χ3v) is 5.44. The fourth-order valence-corrected chi connectivity index (χ4v) is 3.92. The quantitative estimate of drug-likeness (QED) is 0.437. The molecule has 2 saturated heterocycles. The summed E-state index contributed by atoms with van der Waals surface area (Å²) in [4.78, 5) is 39.5. The number of nitro groups is 1. The molecule has 1 atom stereocenters. The SMILES string of the molecule is C[C@@H]1CCCN(C(=O)COC(=O)c2cc([N+](=O)[O-])ccc2N2CCCCC2)C1. The van der Waals surface area contributed by atoms with Gasteiger partial charge in [0, 0.05) is 38.3 Å². The standard InChI is InChI=1S/C20H27N3O5/c1-15-6-5-11-22(13-15)19(24)14-28-20(25)17-12-16(23(26)27)7-8-18(17)21-9-3-2-4-10-21/h7-8,12,15H,2-6,9-11,13-14H2,1H3/t15-/m1/s1. The maximum Gasteiger partial charge on any atom is 0.341 e. The Labute approximate surface area is 164 Å². The van der Waals surface area contributed by atoms with Crippen LogP contribution in [0.5, 0.6) is 0 Å². The Morgan fingerprint density at radius 1 is 1.18 bits per heavy atom. The number of rotatable bonds is 5. The summed E-state index contributed by atoms with van der Waals surface area (Å²) in [6.45, 7) is 4.70. The minimum Gasteiger partial charge on any atom is -0.452 e. The zero-order valence-corrected chi connectivity index (χ0v) is 16.3. The highest BCUT2D eigenvalue weighted by molar-refractivity contribution is 5.97. The summed E-state index contributed by atoms with van der Waals surface area (Å²) in [5.74, 6) is -0.469. The molecule has 0 saturated carbocycles. The van der Waals surface area contributed by atoms with Crippen LogP contribution in [0, 0.1) is 16.0 Å². The highest BCUT2D eigenvalue weighted by Gasteiger charge is 2.25. The normalized spacial score (nSPS) is 20.0. The Balaban J connectivity index is 1.72. The number of amides is 1. The first kappa shape index (κ1) is 20.1. The smallest absolute Gasteiger partial charge is 0.341 e. The van der Waals surface area contributed by atoms with E-state index in [9.17, 15) is 19.7 Å². The molecule has 1 aromatic rings. The summed E-state index contributed by atoms with van der Waals surface area (Å²) in [6, 6.07) is 4.26. The number of carbonyl (C=O) groups excluding carboxylic acids is 2. The van der Waals surface area contributed by atoms with E-state index in [1.807, 2.05) is 0 Å². The van der Waals surface area contributed by atoms with Gasteiger partial charge >= 0.3 is 5.97 Å². The summed E-state index contributed by atoms with van der Waals surface area (Å²) < 4.78 is 5.27. The predicted molar refractivity (Wildman–Crippen MR) is 104 cm³/mol. The Morgan fingerprint density at radius 2 is 1.93 bits per heavy atom. The number of benzene rings is 1. The van der Waals surface area contributed by atoms with Crippen molar-refractivity contribution < 1.29 is 19.2 Å². The van der Waals surface area contributed by atoms with Crippen molar-refractivity contribution in [3.8, 4) is 0 Å². The van der Waals surface area contributed by atoms with Gasteiger partial charge in [-0.25, -0.2) is 4.79 Å². The number of nitrogens with zero attached hydrogens (tertiary/aromatic N) is 3. The van der Waals surface area contributed by atoms with Gasteiger partial charge in [0.1, 0.15) is 0 Å². The second-order valence-electron chi connectivity index (χ2n) is 7.67. The Bertz CT molecular complexity index is 745. The van der Waals surface area contributed by atoms with E-state index in [0.717, 1.165) is 45.2 Å². The van der Waals surface area contributed by atoms with Crippen LogP contribution in [0.4, 0.5) is 11.4 Å². The number of anilines is 1. The minimum absolute atomic E-state index is 0.149. The highest BCUT2D eigenvalue weighted by Crippen LogP contribution is 2.28. The number of nitro benzene ring substituents is 1. The lowest BCUT2D eigenvalue weighted by Crippen LogP contribution is -2.41. The molecule has 3 rings (SSSR count). The summed E-state index contributed by atoms with van der Waals surface area (Å²) in [7, 11) is 0. The van der Waals surface area contributed by atoms with Crippen LogP contribution in [0.1, 0.15) is 49.4 Å². The third-order valence-electron chi connectivity index (χ3n) is 5.44. The summed E-state index contributed by atoms with van der Waals surface area (Å²) in [6.07, 6.45) is 5.20. The molecule has 0 bridgehead atoms. The van der Waals surface area contributed by atoms with E-state index in [2.05, 4.69) is 11.8 Å². The van der Waals surface area contributed by atoms with Gasteiger partial charge in [0.15, 0.2) is 6.61 Å². The number of non-ortho nitro benzene ring substituents is 1. The molecular weight excluding hydrogens is 362 g/mol. The van der Waals surface area contributed by atoms with Gasteiger partial charge in [-0.15, -0.1) is 0 Å². The van der Waals surface area contributed by atoms with Gasteiger partial charge in [0.05, 0.1) is 16.2 Å². The molecule has 0 unspecified atom stereocenters. The summed E-state index contributed by atoms with van der Waals surface area (Å²) in [5.41, 5.74) is 0.620. The number of ether oxygens (including phenoxy) is 1. The van der Waals surface area contributed by atoms with E-state index >= 15 is 0 Å². The molecule has 2 aliphatic heterocycles. The van der Waals surface area contributed by atoms with Gasteiger partial charge in [-0.1, -0.05) is 6.92 Å². The van der Waals surface area contributed by atoms with Crippen molar-refractivity contribution >= 4 is 23.3 Å². The first-order valence-corrected chi connectivity index (χ1v) is 9.94. The lowest BCUT2D eigenvalue weighted by molar-refractivity contribution is -0.384. The molecule has 1 aromatic carbocycles. The van der Waals surface area contributed by atoms with Crippen LogP contribution in [0.25, 0.3) is 0 Å². The van der Waals surface area contributed by atoms with Gasteiger partial charge in [-0.3, -0.25) is 14.9 Å². The lowest BCUT2D eigenvalue weighted by Gasteiger charge is -2.31. The van der Waals surface area contributed by atoms with E-state index in [4.69, 9.17) is 4.74 Å². The molecule has 0 aliphatic carbocycles. The van der Waals surface area contributed by atoms with Crippen LogP contribution in [0.15, 0.2) is 18.2 Å². The molecule has 8 heteroatoms. The Hall–Kier alpha value is -2.64. The highest BCUT2D eigenvalue weighted by atomic mass is 16.6. The van der Waals surface area contributed by atoms with Crippen LogP contribution in [0.3, 0.4) is 0 Å². The van der Waals surface area contributed by atoms with Gasteiger partial charge in [0.25, 0.3) is 11.6 Å². The van der Waals surface area contributed by atoms with Crippen molar-refractivity contribution in [2.24, 2.45) is 5.92 Å². The first-order chi connectivity index (χ1) is 13.5. The maximum absolute atomic E-state index is 12.7. The van der Waals surface area contributed by atoms with Crippen LogP contribution in [0.2, 0.25) is 0 Å². The van der Waals surface area contributed by atoms with E-state index in [1.54, 1.807) is 11.0 Å². The van der Waals surface area contributed by atoms with Crippen LogP contribution >= 0.6 is 0 Å². The first-order valence-electron chi connectivity index (χ1n) is 9.94. The van der Waals surface area contributed by atoms with Gasteiger partial charge in [0.2, 0.25) is 0 Å². The zero-order chi connectivity index (χ0) is 20.1. The zero-order valence-electron chi connectivity index (χ0n) is 16.3. The van der Waals surface area contributed by atoms with Crippen LogP contribution < -0.4 is 4.90 Å². The number of hydrogen-bond donors (Lipinski definition) is 0. The van der Waals surface area contributed by atoms with Crippen LogP contribution in [-0.2, 0) is 9.53 Å². The van der Waals surface area contributed by atoms with Crippen molar-refractivity contribution in [2.45, 2.75) is 39.0 Å². The van der Waals surface area contributed by atoms with Gasteiger partial charge in [-0.2, -0.15) is 0 Å². The van der Waals surface area contributed by atoms with Crippen molar-refractivity contribution in [2.75, 3.05) is 37.7 Å². The number of esters is 1. The fourth-order valence-electron chi connectivity index (χ4n) is 3.92. The molecule has 8 nitrogen and oxygen atoms in total. The monoisotopic (exact) mass is 389 g/mol. The Kier molecular flexibility index (Phi) is 6.49. The molecule has 2 aliphatic rings. The molecule has 2 fully saturated rings. The maximum atomic E-state index is 12.7. The summed E-state index contributed by atoms with van der Waals surface area (Å²) in [5, 5.41) is 11.1. The van der Waals surface area contributed by atoms with Crippen molar-refractivity contribution in [1.29, 1.82) is 0 Å². The topological polar surface area (TPSA) is 93.0 Å². The number of piperidine rings is 2. The number of likely N-dealkylation sites (tertiary alicyclic amines) is 1. The van der Waals surface area contributed by atoms with Crippen molar-refractivity contribution in [3.05, 3.63) is 33.9 Å². The molecule has 0 spiro atoms. The molecule has 0 N–H and O–H groups in total. The molecule has 2 heterocycles. The largest absolute Gasteiger partial charge is 0.452 e. The van der Waals surface area contributed by atoms with E-state index in [1.165, 1.54) is 12.1 Å². The molecule has 152 valence electrons. The molecule has 0 radical (unpaired) electrons. The number of carbonyl (C=O) groups is 2. The van der Waals surface area contributed by atoms with E-state index < -0.39 is 10.9 Å². The fraction of sp³-hybridized carbons (Fsp3) is 0.600. The predicted octanol–water partition coefficient (Wildman–Crippen LogP) is 3.00. The molecule has 28 heavy (non-hydrogen) atoms. The van der Waals surface area contributed by atoms with Gasteiger partial charge in [-0.05, 0) is 44.1 Å². The second kappa shape index (κ2) is 9.03. The molecular formula is C20H27N3O5. The summed E-state index contributed by atoms with van der Waals surface area (Å²) >= 11 is 0. The molecule has 0 aromatic heterocycles. The molecule has 1 amide bonds. The van der Waals surface area contributed by atoms with E-state index in [0.29, 0.717) is 24.7 Å². The average molecular weight is 389 g/mol. The Morgan fingerprint density at radius 3 is 2.61 bits per heavy atom. The van der Waals surface area contributed by atoms with E-state index in [-0.39, 0.29) is 23.8 Å². The van der Waals surface area contributed by atoms with Gasteiger partial charge < -0.3 is 14.5 Å². The van der Waals surface area contributed by atoms with Crippen molar-refractivity contribution in [1.82, 2.24) is 4.90 Å². The van der Waals surface area contributed by atoms with Crippen molar-refractivity contribution in [3.63, 3.8) is 0 Å². The average Bonchev–Trinajstić information content (AvgIpc) is 2.72. The lowest BCUT2D eigenvalue weighted by atomic mass is 10.0. The van der Waals surface area contributed by atoms with Crippen LogP contribution in [-0.4, -0.2) is 54.5 Å². The second-order valence-corrected chi connectivity index (χ2v) is 7.67. The minimum atomic E-state index is -0.692. The third kappa shape index (κ3) is 4.79.